The number of rotatable bonds is 16. The highest BCUT2D eigenvalue weighted by atomic mass is 19.1. The van der Waals surface area contributed by atoms with E-state index in [1.165, 1.54) is 29.1 Å². The Hall–Kier alpha value is -5.26. The molecular weight excluding hydrogens is 619 g/mol. The van der Waals surface area contributed by atoms with Crippen LogP contribution in [0, 0.1) is 5.82 Å². The fourth-order valence-electron chi connectivity index (χ4n) is 4.97. The predicted octanol–water partition coefficient (Wildman–Crippen LogP) is 0.815. The molecule has 0 saturated carbocycles. The van der Waals surface area contributed by atoms with Crippen LogP contribution >= 0.6 is 0 Å². The first-order valence-electron chi connectivity index (χ1n) is 14.8. The van der Waals surface area contributed by atoms with Crippen molar-refractivity contribution in [2.45, 2.75) is 25.4 Å². The fraction of sp³-hybridized carbons (Fsp3) is 0.367. The molecular formula is C30H33FN8O8. The van der Waals surface area contributed by atoms with Gasteiger partial charge in [0.2, 0.25) is 11.8 Å². The molecule has 3 heterocycles. The number of nitrogens with one attached hydrogen (secondary N) is 3. The van der Waals surface area contributed by atoms with Gasteiger partial charge in [-0.2, -0.15) is 0 Å². The average Bonchev–Trinajstić information content (AvgIpc) is 3.62. The zero-order valence-electron chi connectivity index (χ0n) is 25.2. The van der Waals surface area contributed by atoms with Gasteiger partial charge in [0, 0.05) is 18.7 Å². The molecule has 5 amide bonds. The minimum absolute atomic E-state index is 0.0515. The highest BCUT2D eigenvalue weighted by molar-refractivity contribution is 6.25. The summed E-state index contributed by atoms with van der Waals surface area (Å²) in [7, 11) is 0. The number of aromatic nitrogens is 3. The van der Waals surface area contributed by atoms with Gasteiger partial charge in [-0.15, -0.1) is 5.10 Å². The third kappa shape index (κ3) is 8.13. The first-order chi connectivity index (χ1) is 22.7. The second-order valence-electron chi connectivity index (χ2n) is 10.5. The highest BCUT2D eigenvalue weighted by Crippen LogP contribution is 2.32. The van der Waals surface area contributed by atoms with Crippen LogP contribution < -0.4 is 21.7 Å². The van der Waals surface area contributed by atoms with Gasteiger partial charge in [-0.05, 0) is 36.8 Å². The van der Waals surface area contributed by atoms with Gasteiger partial charge in [-0.25, -0.2) is 9.07 Å². The van der Waals surface area contributed by atoms with Crippen LogP contribution in [0.15, 0.2) is 42.6 Å². The summed E-state index contributed by atoms with van der Waals surface area (Å²) in [5, 5.41) is 15.6. The topological polar surface area (TPSA) is 209 Å². The molecule has 0 radical (unpaired) electrons. The summed E-state index contributed by atoms with van der Waals surface area (Å²) >= 11 is 0. The molecule has 0 spiro atoms. The number of hydrogen-bond acceptors (Lipinski definition) is 12. The molecule has 1 fully saturated rings. The summed E-state index contributed by atoms with van der Waals surface area (Å²) in [6, 6.07) is 7.48. The van der Waals surface area contributed by atoms with E-state index in [0.29, 0.717) is 58.4 Å². The maximum atomic E-state index is 13.2. The van der Waals surface area contributed by atoms with E-state index in [4.69, 9.17) is 19.9 Å². The number of amides is 5. The number of hydrogen-bond donors (Lipinski definition) is 4. The van der Waals surface area contributed by atoms with Crippen molar-refractivity contribution in [2.24, 2.45) is 0 Å². The van der Waals surface area contributed by atoms with Gasteiger partial charge in [-0.3, -0.25) is 34.2 Å². The minimum atomic E-state index is -1.03. The van der Waals surface area contributed by atoms with Crippen LogP contribution in [-0.4, -0.2) is 102 Å². The number of nitrogens with two attached hydrogens (primary N) is 1. The number of carbonyl (C=O) groups is 5. The zero-order valence-corrected chi connectivity index (χ0v) is 25.2. The van der Waals surface area contributed by atoms with Crippen LogP contribution in [0.5, 0.6) is 0 Å². The van der Waals surface area contributed by atoms with Gasteiger partial charge >= 0.3 is 0 Å². The molecule has 2 aromatic carbocycles. The van der Waals surface area contributed by atoms with Gasteiger partial charge in [0.05, 0.1) is 74.9 Å². The third-order valence-corrected chi connectivity index (χ3v) is 7.27. The molecule has 2 aliphatic rings. The van der Waals surface area contributed by atoms with Crippen LogP contribution in [0.2, 0.25) is 0 Å². The SMILES string of the molecule is Nc1cc(F)ccc1NC(=O)c1cn(CCOCCOCCOCCNc2cccc3c2C(=O)N(C2CCC(=O)NC2=O)C3=O)nn1. The Morgan fingerprint density at radius 2 is 1.72 bits per heavy atom. The van der Waals surface area contributed by atoms with E-state index in [2.05, 4.69) is 26.3 Å². The summed E-state index contributed by atoms with van der Waals surface area (Å²) in [6.45, 7) is 2.64. The number of halogens is 1. The minimum Gasteiger partial charge on any atom is -0.397 e. The summed E-state index contributed by atoms with van der Waals surface area (Å²) in [6.07, 6.45) is 1.60. The van der Waals surface area contributed by atoms with Crippen LogP contribution in [0.1, 0.15) is 44.0 Å². The molecule has 5 N–H and O–H groups in total. The van der Waals surface area contributed by atoms with Gasteiger partial charge < -0.3 is 30.6 Å². The number of carbonyl (C=O) groups excluding carboxylic acids is 5. The Morgan fingerprint density at radius 1 is 0.979 bits per heavy atom. The molecule has 16 nitrogen and oxygen atoms in total. The summed E-state index contributed by atoms with van der Waals surface area (Å²) < 4.78 is 31.2. The molecule has 5 rings (SSSR count). The second-order valence-corrected chi connectivity index (χ2v) is 10.5. The molecule has 0 aliphatic carbocycles. The van der Waals surface area contributed by atoms with Gasteiger partial charge in [0.25, 0.3) is 17.7 Å². The van der Waals surface area contributed by atoms with Crippen molar-refractivity contribution in [3.05, 3.63) is 65.2 Å². The number of fused-ring (bicyclic) bond motifs is 1. The fourth-order valence-corrected chi connectivity index (χ4v) is 4.97. The smallest absolute Gasteiger partial charge is 0.277 e. The van der Waals surface area contributed by atoms with Gasteiger partial charge in [-0.1, -0.05) is 11.3 Å². The summed E-state index contributed by atoms with van der Waals surface area (Å²) in [4.78, 5) is 63.1. The first-order valence-corrected chi connectivity index (χ1v) is 14.8. The van der Waals surface area contributed by atoms with E-state index in [0.717, 1.165) is 11.0 Å². The number of ether oxygens (including phenoxy) is 3. The number of piperidine rings is 1. The highest BCUT2D eigenvalue weighted by Gasteiger charge is 2.45. The van der Waals surface area contributed by atoms with Crippen molar-refractivity contribution in [2.75, 3.05) is 62.6 Å². The van der Waals surface area contributed by atoms with Crippen molar-refractivity contribution in [1.29, 1.82) is 0 Å². The van der Waals surface area contributed by atoms with Gasteiger partial charge in [0.1, 0.15) is 11.9 Å². The Morgan fingerprint density at radius 3 is 2.47 bits per heavy atom. The largest absolute Gasteiger partial charge is 0.397 e. The first kappa shape index (κ1) is 33.1. The third-order valence-electron chi connectivity index (χ3n) is 7.27. The Balaban J connectivity index is 0.923. The van der Waals surface area contributed by atoms with Crippen LogP contribution in [0.3, 0.4) is 0 Å². The molecule has 2 aliphatic heterocycles. The van der Waals surface area contributed by atoms with Crippen molar-refractivity contribution in [3.8, 4) is 0 Å². The monoisotopic (exact) mass is 652 g/mol. The van der Waals surface area contributed by atoms with E-state index in [9.17, 15) is 28.4 Å². The molecule has 1 unspecified atom stereocenters. The second kappa shape index (κ2) is 15.4. The van der Waals surface area contributed by atoms with Crippen LogP contribution in [-0.2, 0) is 30.3 Å². The molecule has 1 atom stereocenters. The van der Waals surface area contributed by atoms with E-state index in [1.807, 2.05) is 0 Å². The zero-order chi connectivity index (χ0) is 33.3. The predicted molar refractivity (Wildman–Crippen MR) is 163 cm³/mol. The molecule has 248 valence electrons. The maximum Gasteiger partial charge on any atom is 0.277 e. The van der Waals surface area contributed by atoms with Gasteiger partial charge in [0.15, 0.2) is 5.69 Å². The Labute approximate surface area is 267 Å². The molecule has 1 aromatic heterocycles. The summed E-state index contributed by atoms with van der Waals surface area (Å²) in [5.74, 6) is -3.28. The molecule has 3 aromatic rings. The Bertz CT molecular complexity index is 1660. The lowest BCUT2D eigenvalue weighted by Crippen LogP contribution is -2.54. The van der Waals surface area contributed by atoms with E-state index < -0.39 is 41.4 Å². The van der Waals surface area contributed by atoms with Crippen LogP contribution in [0.4, 0.5) is 21.5 Å². The van der Waals surface area contributed by atoms with E-state index in [1.54, 1.807) is 12.1 Å². The van der Waals surface area contributed by atoms with E-state index >= 15 is 0 Å². The molecule has 47 heavy (non-hydrogen) atoms. The summed E-state index contributed by atoms with van der Waals surface area (Å²) in [5.41, 5.74) is 6.98. The number of benzene rings is 2. The average molecular weight is 653 g/mol. The molecule has 17 heteroatoms. The lowest BCUT2D eigenvalue weighted by atomic mass is 10.0. The standard InChI is InChI=1S/C30H33FN8O8/c31-18-4-5-21(20(32)16-18)34-27(41)23-17-38(37-36-23)9-11-46-13-15-47-14-12-45-10-8-33-22-3-1-2-19-26(22)30(44)39(29(19)43)24-6-7-25(40)35-28(24)42/h1-5,16-17,24,33H,6-15,32H2,(H,34,41)(H,35,40,42). The maximum absolute atomic E-state index is 13.2. The van der Waals surface area contributed by atoms with Crippen molar-refractivity contribution >= 4 is 46.6 Å². The Kier molecular flexibility index (Phi) is 10.8. The lowest BCUT2D eigenvalue weighted by Gasteiger charge is -2.27. The number of anilines is 3. The molecule has 0 bridgehead atoms. The number of nitrogen functional groups attached to an aromatic ring is 1. The van der Waals surface area contributed by atoms with Crippen LogP contribution in [0.25, 0.3) is 0 Å². The van der Waals surface area contributed by atoms with Crippen molar-refractivity contribution in [1.82, 2.24) is 25.2 Å². The quantitative estimate of drug-likeness (QED) is 0.0963. The number of nitrogens with zero attached hydrogens (tertiary/aromatic N) is 4. The van der Waals surface area contributed by atoms with Crippen molar-refractivity contribution in [3.63, 3.8) is 0 Å². The normalized spacial score (nSPS) is 15.9. The van der Waals surface area contributed by atoms with E-state index in [-0.39, 0.29) is 41.0 Å². The number of imide groups is 2. The lowest BCUT2D eigenvalue weighted by molar-refractivity contribution is -0.136. The molecule has 1 saturated heterocycles. The van der Waals surface area contributed by atoms with Crippen molar-refractivity contribution < 1.29 is 42.6 Å².